The Labute approximate surface area is 99.9 Å². The summed E-state index contributed by atoms with van der Waals surface area (Å²) in [6.07, 6.45) is 2.88. The summed E-state index contributed by atoms with van der Waals surface area (Å²) in [6.45, 7) is 6.32. The second-order valence-electron chi connectivity index (χ2n) is 4.18. The standard InChI is InChI=1S/C12H17N3S/c1-8(6-11-5-4-10(3)16-11)14-12-13-7-9(2)15-12/h4-5,7-8H,6H2,1-3H3,(H2,13,14,15). The fraction of sp³-hybridized carbons (Fsp3) is 0.417. The Morgan fingerprint density at radius 2 is 2.25 bits per heavy atom. The maximum Gasteiger partial charge on any atom is 0.200 e. The molecule has 1 unspecified atom stereocenters. The van der Waals surface area contributed by atoms with Crippen molar-refractivity contribution in [2.45, 2.75) is 33.2 Å². The molecule has 0 radical (unpaired) electrons. The molecular formula is C12H17N3S. The summed E-state index contributed by atoms with van der Waals surface area (Å²) in [7, 11) is 0. The molecule has 2 N–H and O–H groups in total. The van der Waals surface area contributed by atoms with Gasteiger partial charge in [-0.05, 0) is 32.9 Å². The minimum Gasteiger partial charge on any atom is -0.353 e. The number of H-pyrrole nitrogens is 1. The van der Waals surface area contributed by atoms with Crippen LogP contribution in [0.5, 0.6) is 0 Å². The van der Waals surface area contributed by atoms with Gasteiger partial charge in [-0.2, -0.15) is 0 Å². The molecule has 2 rings (SSSR count). The van der Waals surface area contributed by atoms with E-state index in [0.29, 0.717) is 6.04 Å². The van der Waals surface area contributed by atoms with E-state index in [1.54, 1.807) is 0 Å². The van der Waals surface area contributed by atoms with Gasteiger partial charge in [0.05, 0.1) is 0 Å². The van der Waals surface area contributed by atoms with Crippen LogP contribution in [0.3, 0.4) is 0 Å². The fourth-order valence-electron chi connectivity index (χ4n) is 1.67. The number of nitrogens with zero attached hydrogens (tertiary/aromatic N) is 1. The number of aromatic nitrogens is 2. The van der Waals surface area contributed by atoms with Gasteiger partial charge in [-0.15, -0.1) is 11.3 Å². The predicted molar refractivity (Wildman–Crippen MR) is 69.2 cm³/mol. The van der Waals surface area contributed by atoms with Gasteiger partial charge in [-0.1, -0.05) is 0 Å². The summed E-state index contributed by atoms with van der Waals surface area (Å²) in [6, 6.07) is 4.76. The van der Waals surface area contributed by atoms with Crippen LogP contribution in [0.2, 0.25) is 0 Å². The van der Waals surface area contributed by atoms with E-state index in [4.69, 9.17) is 0 Å². The van der Waals surface area contributed by atoms with Crippen molar-refractivity contribution in [3.63, 3.8) is 0 Å². The molecular weight excluding hydrogens is 218 g/mol. The van der Waals surface area contributed by atoms with Gasteiger partial charge in [0, 0.05) is 34.1 Å². The first-order valence-electron chi connectivity index (χ1n) is 5.47. The van der Waals surface area contributed by atoms with Gasteiger partial charge >= 0.3 is 0 Å². The first-order chi connectivity index (χ1) is 7.63. The molecule has 0 aromatic carbocycles. The minimum absolute atomic E-state index is 0.392. The molecule has 0 amide bonds. The second-order valence-corrected chi connectivity index (χ2v) is 5.55. The Kier molecular flexibility index (Phi) is 3.29. The molecule has 0 spiro atoms. The van der Waals surface area contributed by atoms with E-state index < -0.39 is 0 Å². The molecule has 2 heterocycles. The Bertz CT molecular complexity index is 416. The van der Waals surface area contributed by atoms with Crippen molar-refractivity contribution < 1.29 is 0 Å². The highest BCUT2D eigenvalue weighted by molar-refractivity contribution is 7.11. The fourth-order valence-corrected chi connectivity index (χ4v) is 2.69. The lowest BCUT2D eigenvalue weighted by atomic mass is 10.2. The molecule has 0 aliphatic heterocycles. The average molecular weight is 235 g/mol. The number of nitrogens with one attached hydrogen (secondary N) is 2. The van der Waals surface area contributed by atoms with Crippen LogP contribution in [0.1, 0.15) is 22.4 Å². The number of imidazole rings is 1. The number of aromatic amines is 1. The van der Waals surface area contributed by atoms with E-state index in [1.807, 2.05) is 24.5 Å². The number of aryl methyl sites for hydroxylation is 2. The monoisotopic (exact) mass is 235 g/mol. The summed E-state index contributed by atoms with van der Waals surface area (Å²) >= 11 is 1.86. The zero-order chi connectivity index (χ0) is 11.5. The quantitative estimate of drug-likeness (QED) is 0.854. The topological polar surface area (TPSA) is 40.7 Å². The van der Waals surface area contributed by atoms with Crippen LogP contribution >= 0.6 is 11.3 Å². The summed E-state index contributed by atoms with van der Waals surface area (Å²) < 4.78 is 0. The number of hydrogen-bond donors (Lipinski definition) is 2. The zero-order valence-electron chi connectivity index (χ0n) is 9.87. The van der Waals surface area contributed by atoms with Crippen molar-refractivity contribution >= 4 is 17.3 Å². The van der Waals surface area contributed by atoms with E-state index in [1.165, 1.54) is 9.75 Å². The largest absolute Gasteiger partial charge is 0.353 e. The van der Waals surface area contributed by atoms with Crippen molar-refractivity contribution in [2.75, 3.05) is 5.32 Å². The van der Waals surface area contributed by atoms with Crippen LogP contribution < -0.4 is 5.32 Å². The van der Waals surface area contributed by atoms with E-state index in [0.717, 1.165) is 18.1 Å². The third-order valence-corrected chi connectivity index (χ3v) is 3.41. The first-order valence-corrected chi connectivity index (χ1v) is 6.28. The highest BCUT2D eigenvalue weighted by atomic mass is 32.1. The van der Waals surface area contributed by atoms with Crippen molar-refractivity contribution in [3.8, 4) is 0 Å². The smallest absolute Gasteiger partial charge is 0.200 e. The lowest BCUT2D eigenvalue weighted by Crippen LogP contribution is -2.18. The van der Waals surface area contributed by atoms with Crippen LogP contribution in [0, 0.1) is 13.8 Å². The van der Waals surface area contributed by atoms with Gasteiger partial charge in [-0.3, -0.25) is 0 Å². The lowest BCUT2D eigenvalue weighted by molar-refractivity contribution is 0.789. The average Bonchev–Trinajstić information content (AvgIpc) is 2.76. The van der Waals surface area contributed by atoms with Crippen LogP contribution in [0.15, 0.2) is 18.3 Å². The number of anilines is 1. The molecule has 2 aromatic heterocycles. The van der Waals surface area contributed by atoms with Crippen LogP contribution in [-0.2, 0) is 6.42 Å². The molecule has 1 atom stereocenters. The molecule has 3 nitrogen and oxygen atoms in total. The molecule has 0 fully saturated rings. The third kappa shape index (κ3) is 2.85. The number of hydrogen-bond acceptors (Lipinski definition) is 3. The Balaban J connectivity index is 1.91. The molecule has 0 saturated carbocycles. The first kappa shape index (κ1) is 11.2. The van der Waals surface area contributed by atoms with Gasteiger partial charge in [0.25, 0.3) is 0 Å². The molecule has 0 aliphatic rings. The molecule has 16 heavy (non-hydrogen) atoms. The maximum absolute atomic E-state index is 4.24. The van der Waals surface area contributed by atoms with Crippen LogP contribution in [0.4, 0.5) is 5.95 Å². The van der Waals surface area contributed by atoms with Crippen molar-refractivity contribution in [3.05, 3.63) is 33.8 Å². The van der Waals surface area contributed by atoms with Gasteiger partial charge in [0.1, 0.15) is 0 Å². The van der Waals surface area contributed by atoms with Gasteiger partial charge in [0.15, 0.2) is 0 Å². The molecule has 2 aromatic rings. The van der Waals surface area contributed by atoms with Crippen molar-refractivity contribution in [1.82, 2.24) is 9.97 Å². The lowest BCUT2D eigenvalue weighted by Gasteiger charge is -2.11. The summed E-state index contributed by atoms with van der Waals surface area (Å²) in [4.78, 5) is 10.2. The van der Waals surface area contributed by atoms with E-state index in [-0.39, 0.29) is 0 Å². The molecule has 0 saturated heterocycles. The van der Waals surface area contributed by atoms with Gasteiger partial charge < -0.3 is 10.3 Å². The Hall–Kier alpha value is -1.29. The SMILES string of the molecule is Cc1cnc(NC(C)Cc2ccc(C)s2)[nH]1. The highest BCUT2D eigenvalue weighted by Crippen LogP contribution is 2.17. The van der Waals surface area contributed by atoms with E-state index in [9.17, 15) is 0 Å². The van der Waals surface area contributed by atoms with Gasteiger partial charge in [-0.25, -0.2) is 4.98 Å². The Morgan fingerprint density at radius 3 is 2.81 bits per heavy atom. The second kappa shape index (κ2) is 4.70. The van der Waals surface area contributed by atoms with Crippen molar-refractivity contribution in [2.24, 2.45) is 0 Å². The molecule has 0 aliphatic carbocycles. The van der Waals surface area contributed by atoms with Crippen LogP contribution in [-0.4, -0.2) is 16.0 Å². The molecule has 4 heteroatoms. The summed E-state index contributed by atoms with van der Waals surface area (Å²) in [5, 5.41) is 3.36. The maximum atomic E-state index is 4.24. The number of thiophene rings is 1. The molecule has 0 bridgehead atoms. The summed E-state index contributed by atoms with van der Waals surface area (Å²) in [5.41, 5.74) is 1.08. The predicted octanol–water partition coefficient (Wildman–Crippen LogP) is 3.13. The minimum atomic E-state index is 0.392. The highest BCUT2D eigenvalue weighted by Gasteiger charge is 2.06. The van der Waals surface area contributed by atoms with Crippen molar-refractivity contribution in [1.29, 1.82) is 0 Å². The van der Waals surface area contributed by atoms with Crippen LogP contribution in [0.25, 0.3) is 0 Å². The third-order valence-electron chi connectivity index (χ3n) is 2.39. The van der Waals surface area contributed by atoms with E-state index >= 15 is 0 Å². The molecule has 86 valence electrons. The normalized spacial score (nSPS) is 12.7. The van der Waals surface area contributed by atoms with Gasteiger partial charge in [0.2, 0.25) is 5.95 Å². The zero-order valence-corrected chi connectivity index (χ0v) is 10.7. The summed E-state index contributed by atoms with van der Waals surface area (Å²) in [5.74, 6) is 0.860. The van der Waals surface area contributed by atoms with E-state index in [2.05, 4.69) is 41.3 Å². The Morgan fingerprint density at radius 1 is 1.44 bits per heavy atom. The number of rotatable bonds is 4.